The molecule has 0 radical (unpaired) electrons. The third-order valence-electron chi connectivity index (χ3n) is 3.19. The summed E-state index contributed by atoms with van der Waals surface area (Å²) in [5.41, 5.74) is 1.17. The fourth-order valence-electron chi connectivity index (χ4n) is 2.20. The van der Waals surface area contributed by atoms with Gasteiger partial charge in [-0.05, 0) is 34.1 Å². The van der Waals surface area contributed by atoms with Crippen LogP contribution in [0.2, 0.25) is 0 Å². The second-order valence-corrected chi connectivity index (χ2v) is 5.40. The van der Waals surface area contributed by atoms with Gasteiger partial charge in [0.2, 0.25) is 5.78 Å². The fraction of sp³-hybridized carbons (Fsp3) is 0.133. The second kappa shape index (κ2) is 5.29. The lowest BCUT2D eigenvalue weighted by molar-refractivity contribution is 0.0875. The highest BCUT2D eigenvalue weighted by Crippen LogP contribution is 2.20. The summed E-state index contributed by atoms with van der Waals surface area (Å²) in [6.45, 7) is 0. The Kier molecular flexibility index (Phi) is 3.47. The van der Waals surface area contributed by atoms with Crippen LogP contribution in [0.4, 0.5) is 0 Å². The first-order chi connectivity index (χ1) is 10.1. The lowest BCUT2D eigenvalue weighted by Crippen LogP contribution is -2.09. The molecule has 0 unspecified atom stereocenters. The maximum Gasteiger partial charge on any atom is 0.205 e. The molecule has 0 saturated heterocycles. The molecule has 5 nitrogen and oxygen atoms in total. The van der Waals surface area contributed by atoms with Crippen molar-refractivity contribution in [2.45, 2.75) is 6.42 Å². The number of benzene rings is 1. The van der Waals surface area contributed by atoms with Crippen molar-refractivity contribution < 1.29 is 14.0 Å². The summed E-state index contributed by atoms with van der Waals surface area (Å²) in [5, 5.41) is 4.97. The summed E-state index contributed by atoms with van der Waals surface area (Å²) in [5.74, 6) is -0.514. The van der Waals surface area contributed by atoms with Crippen LogP contribution in [-0.4, -0.2) is 21.3 Å². The first kappa shape index (κ1) is 13.8. The van der Waals surface area contributed by atoms with Gasteiger partial charge >= 0.3 is 0 Å². The normalized spacial score (nSPS) is 11.0. The molecule has 0 amide bonds. The van der Waals surface area contributed by atoms with Crippen LogP contribution in [0, 0.1) is 0 Å². The van der Waals surface area contributed by atoms with Crippen molar-refractivity contribution in [3.63, 3.8) is 0 Å². The summed E-state index contributed by atoms with van der Waals surface area (Å²) in [6, 6.07) is 10.6. The third kappa shape index (κ3) is 2.54. The summed E-state index contributed by atoms with van der Waals surface area (Å²) < 4.78 is 7.26. The summed E-state index contributed by atoms with van der Waals surface area (Å²) in [6.07, 6.45) is -0.263. The Labute approximate surface area is 128 Å². The van der Waals surface area contributed by atoms with Crippen LogP contribution in [0.3, 0.4) is 0 Å². The average Bonchev–Trinajstić information content (AvgIpc) is 3.04. The van der Waals surface area contributed by atoms with Gasteiger partial charge in [-0.15, -0.1) is 0 Å². The number of carbonyl (C=O) groups excluding carboxylic acids is 2. The van der Waals surface area contributed by atoms with Crippen LogP contribution in [0.15, 0.2) is 45.5 Å². The van der Waals surface area contributed by atoms with E-state index in [-0.39, 0.29) is 23.7 Å². The standard InChI is InChI=1S/C15H11BrN2O3/c1-18-10-5-3-2-4-9(10)15(17-18)12(20)8-11(19)13-6-7-14(16)21-13/h2-7H,8H2,1H3. The number of para-hydroxylation sites is 1. The highest BCUT2D eigenvalue weighted by atomic mass is 79.9. The number of fused-ring (bicyclic) bond motifs is 1. The van der Waals surface area contributed by atoms with Crippen molar-refractivity contribution in [3.8, 4) is 0 Å². The van der Waals surface area contributed by atoms with Crippen molar-refractivity contribution in [1.82, 2.24) is 9.78 Å². The number of nitrogens with zero attached hydrogens (tertiary/aromatic N) is 2. The SMILES string of the molecule is Cn1nc(C(=O)CC(=O)c2ccc(Br)o2)c2ccccc21. The van der Waals surface area contributed by atoms with E-state index in [1.165, 1.54) is 6.07 Å². The molecule has 2 aromatic heterocycles. The van der Waals surface area contributed by atoms with Crippen LogP contribution >= 0.6 is 15.9 Å². The molecule has 0 fully saturated rings. The number of carbonyl (C=O) groups is 2. The van der Waals surface area contributed by atoms with Crippen LogP contribution < -0.4 is 0 Å². The van der Waals surface area contributed by atoms with E-state index in [9.17, 15) is 9.59 Å². The Bertz CT molecular complexity index is 848. The Morgan fingerprint density at radius 1 is 1.19 bits per heavy atom. The summed E-state index contributed by atoms with van der Waals surface area (Å²) in [7, 11) is 1.77. The lowest BCUT2D eigenvalue weighted by atomic mass is 10.1. The molecule has 0 aliphatic rings. The van der Waals surface area contributed by atoms with E-state index in [1.54, 1.807) is 17.8 Å². The van der Waals surface area contributed by atoms with Crippen molar-refractivity contribution in [2.24, 2.45) is 7.05 Å². The van der Waals surface area contributed by atoms with Gasteiger partial charge in [0.15, 0.2) is 16.2 Å². The minimum Gasteiger partial charge on any atom is -0.446 e. The predicted octanol–water partition coefficient (Wildman–Crippen LogP) is 3.38. The number of halogens is 1. The van der Waals surface area contributed by atoms with E-state index < -0.39 is 0 Å². The zero-order chi connectivity index (χ0) is 15.0. The van der Waals surface area contributed by atoms with E-state index in [0.29, 0.717) is 10.4 Å². The first-order valence-corrected chi connectivity index (χ1v) is 7.09. The molecule has 21 heavy (non-hydrogen) atoms. The van der Waals surface area contributed by atoms with E-state index in [1.807, 2.05) is 24.3 Å². The van der Waals surface area contributed by atoms with Gasteiger partial charge in [-0.3, -0.25) is 14.3 Å². The van der Waals surface area contributed by atoms with Gasteiger partial charge in [0.1, 0.15) is 5.69 Å². The third-order valence-corrected chi connectivity index (χ3v) is 3.62. The molecule has 3 rings (SSSR count). The molecule has 0 bridgehead atoms. The number of Topliss-reactive ketones (excluding diaryl/α,β-unsaturated/α-hetero) is 2. The quantitative estimate of drug-likeness (QED) is 0.536. The Hall–Kier alpha value is -2.21. The molecule has 3 aromatic rings. The smallest absolute Gasteiger partial charge is 0.205 e. The average molecular weight is 347 g/mol. The van der Waals surface area contributed by atoms with Gasteiger partial charge < -0.3 is 4.42 Å². The second-order valence-electron chi connectivity index (χ2n) is 4.62. The molecule has 0 saturated carbocycles. The van der Waals surface area contributed by atoms with E-state index in [4.69, 9.17) is 4.42 Å². The number of hydrogen-bond donors (Lipinski definition) is 0. The maximum absolute atomic E-state index is 12.3. The summed E-state index contributed by atoms with van der Waals surface area (Å²) >= 11 is 3.13. The molecule has 106 valence electrons. The molecule has 0 atom stereocenters. The first-order valence-electron chi connectivity index (χ1n) is 6.30. The maximum atomic E-state index is 12.3. The van der Waals surface area contributed by atoms with Crippen molar-refractivity contribution >= 4 is 38.4 Å². The van der Waals surface area contributed by atoms with Gasteiger partial charge in [0.25, 0.3) is 0 Å². The summed E-state index contributed by atoms with van der Waals surface area (Å²) in [4.78, 5) is 24.3. The zero-order valence-electron chi connectivity index (χ0n) is 11.2. The lowest BCUT2D eigenvalue weighted by Gasteiger charge is -1.96. The number of aryl methyl sites for hydroxylation is 1. The highest BCUT2D eigenvalue weighted by molar-refractivity contribution is 9.10. The van der Waals surface area contributed by atoms with E-state index in [2.05, 4.69) is 21.0 Å². The van der Waals surface area contributed by atoms with Crippen LogP contribution in [-0.2, 0) is 7.05 Å². The van der Waals surface area contributed by atoms with E-state index >= 15 is 0 Å². The van der Waals surface area contributed by atoms with Crippen molar-refractivity contribution in [3.05, 3.63) is 52.5 Å². The van der Waals surface area contributed by atoms with E-state index in [0.717, 1.165) is 10.9 Å². The molecule has 6 heteroatoms. The van der Waals surface area contributed by atoms with Gasteiger partial charge in [0.05, 0.1) is 11.9 Å². The Balaban J connectivity index is 1.89. The molecule has 0 spiro atoms. The molecule has 0 aliphatic carbocycles. The van der Waals surface area contributed by atoms with Gasteiger partial charge in [0, 0.05) is 12.4 Å². The van der Waals surface area contributed by atoms with Gasteiger partial charge in [-0.1, -0.05) is 18.2 Å². The minimum absolute atomic E-state index is 0.162. The number of aromatic nitrogens is 2. The van der Waals surface area contributed by atoms with Crippen LogP contribution in [0.1, 0.15) is 27.5 Å². The number of rotatable bonds is 4. The monoisotopic (exact) mass is 346 g/mol. The number of ketones is 2. The highest BCUT2D eigenvalue weighted by Gasteiger charge is 2.21. The van der Waals surface area contributed by atoms with Gasteiger partial charge in [-0.2, -0.15) is 5.10 Å². The number of furan rings is 1. The topological polar surface area (TPSA) is 65.1 Å². The zero-order valence-corrected chi connectivity index (χ0v) is 12.8. The Morgan fingerprint density at radius 3 is 2.67 bits per heavy atom. The van der Waals surface area contributed by atoms with Crippen molar-refractivity contribution in [1.29, 1.82) is 0 Å². The molecular weight excluding hydrogens is 336 g/mol. The molecule has 1 aromatic carbocycles. The van der Waals surface area contributed by atoms with Crippen LogP contribution in [0.25, 0.3) is 10.9 Å². The number of hydrogen-bond acceptors (Lipinski definition) is 4. The molecule has 0 aliphatic heterocycles. The van der Waals surface area contributed by atoms with Gasteiger partial charge in [-0.25, -0.2) is 0 Å². The van der Waals surface area contributed by atoms with Crippen LogP contribution in [0.5, 0.6) is 0 Å². The fourth-order valence-corrected chi connectivity index (χ4v) is 2.51. The largest absolute Gasteiger partial charge is 0.446 e. The molecule has 0 N–H and O–H groups in total. The Morgan fingerprint density at radius 2 is 1.95 bits per heavy atom. The predicted molar refractivity (Wildman–Crippen MR) is 80.4 cm³/mol. The van der Waals surface area contributed by atoms with Crippen molar-refractivity contribution in [2.75, 3.05) is 0 Å². The molecule has 2 heterocycles. The molecular formula is C15H11BrN2O3. The minimum atomic E-state index is -0.361.